The van der Waals surface area contributed by atoms with E-state index in [4.69, 9.17) is 11.6 Å². The first-order chi connectivity index (χ1) is 15.7. The average Bonchev–Trinajstić information content (AvgIpc) is 3.16. The van der Waals surface area contributed by atoms with Crippen molar-refractivity contribution in [3.8, 4) is 0 Å². The van der Waals surface area contributed by atoms with Gasteiger partial charge in [0.1, 0.15) is 29.2 Å². The minimum absolute atomic E-state index is 0.0892. The number of benzene rings is 2. The van der Waals surface area contributed by atoms with Crippen molar-refractivity contribution in [2.24, 2.45) is 4.99 Å². The maximum Gasteiger partial charge on any atom is 0.410 e. The lowest BCUT2D eigenvalue weighted by atomic mass is 10.0. The molecule has 0 spiro atoms. The summed E-state index contributed by atoms with van der Waals surface area (Å²) in [4.78, 5) is 16.6. The minimum atomic E-state index is -4.71. The van der Waals surface area contributed by atoms with Gasteiger partial charge in [0.25, 0.3) is 5.91 Å². The van der Waals surface area contributed by atoms with E-state index < -0.39 is 53.2 Å². The highest BCUT2D eigenvalue weighted by Gasteiger charge is 2.48. The van der Waals surface area contributed by atoms with Crippen molar-refractivity contribution in [3.63, 3.8) is 0 Å². The number of rotatable bonds is 4. The Morgan fingerprint density at radius 2 is 1.71 bits per heavy atom. The molecule has 2 atom stereocenters. The molecular formula is C21H20ClF6N5O. The van der Waals surface area contributed by atoms with E-state index >= 15 is 0 Å². The molecule has 0 aliphatic carbocycles. The van der Waals surface area contributed by atoms with Gasteiger partial charge in [0.15, 0.2) is 0 Å². The van der Waals surface area contributed by atoms with Crippen molar-refractivity contribution in [1.29, 1.82) is 0 Å². The number of alkyl halides is 3. The third-order valence-corrected chi connectivity index (χ3v) is 5.32. The van der Waals surface area contributed by atoms with Gasteiger partial charge in [-0.25, -0.2) is 29.0 Å². The van der Waals surface area contributed by atoms with Gasteiger partial charge < -0.3 is 5.32 Å². The van der Waals surface area contributed by atoms with Gasteiger partial charge in [-0.05, 0) is 49.7 Å². The molecule has 13 heteroatoms. The highest BCUT2D eigenvalue weighted by molar-refractivity contribution is 6.30. The number of hydrazine groups is 1. The van der Waals surface area contributed by atoms with E-state index in [1.165, 1.54) is 6.07 Å². The number of nitrogens with zero attached hydrogens (tertiary/aromatic N) is 1. The molecule has 0 saturated carbocycles. The fourth-order valence-corrected chi connectivity index (χ4v) is 3.17. The molecule has 1 aliphatic rings. The van der Waals surface area contributed by atoms with E-state index in [9.17, 15) is 31.1 Å². The van der Waals surface area contributed by atoms with Crippen molar-refractivity contribution in [1.82, 2.24) is 21.5 Å². The molecule has 3 rings (SSSR count). The molecule has 1 saturated heterocycles. The van der Waals surface area contributed by atoms with Crippen LogP contribution in [0.5, 0.6) is 0 Å². The summed E-state index contributed by atoms with van der Waals surface area (Å²) in [5.74, 6) is -3.95. The normalized spacial score (nSPS) is 19.3. The molecule has 1 amide bonds. The number of amides is 1. The number of halogens is 7. The molecule has 2 aromatic carbocycles. The number of carbonyl (C=O) groups is 1. The van der Waals surface area contributed by atoms with Crippen molar-refractivity contribution in [2.75, 3.05) is 0 Å². The summed E-state index contributed by atoms with van der Waals surface area (Å²) in [6.07, 6.45) is -5.51. The van der Waals surface area contributed by atoms with Crippen LogP contribution in [-0.2, 0) is 0 Å². The maximum absolute atomic E-state index is 13.7. The number of hydrogen-bond acceptors (Lipinski definition) is 4. The Morgan fingerprint density at radius 3 is 2.29 bits per heavy atom. The van der Waals surface area contributed by atoms with Crippen LogP contribution in [0.1, 0.15) is 42.2 Å². The molecule has 184 valence electrons. The predicted octanol–water partition coefficient (Wildman–Crippen LogP) is 4.34. The van der Waals surface area contributed by atoms with Crippen molar-refractivity contribution in [2.45, 2.75) is 44.2 Å². The summed E-state index contributed by atoms with van der Waals surface area (Å²) >= 11 is 5.60. The van der Waals surface area contributed by atoms with Crippen LogP contribution >= 0.6 is 11.6 Å². The molecule has 0 bridgehead atoms. The quantitative estimate of drug-likeness (QED) is 0.282. The van der Waals surface area contributed by atoms with Gasteiger partial charge >= 0.3 is 6.18 Å². The van der Waals surface area contributed by atoms with Gasteiger partial charge in [0.2, 0.25) is 5.96 Å². The molecule has 6 nitrogen and oxygen atoms in total. The largest absolute Gasteiger partial charge is 0.410 e. The molecule has 2 aromatic rings. The zero-order valence-electron chi connectivity index (χ0n) is 17.8. The van der Waals surface area contributed by atoms with Crippen LogP contribution in [0, 0.1) is 17.5 Å². The second-order valence-electron chi connectivity index (χ2n) is 8.10. The zero-order valence-corrected chi connectivity index (χ0v) is 18.6. The lowest BCUT2D eigenvalue weighted by Crippen LogP contribution is -2.58. The van der Waals surface area contributed by atoms with Gasteiger partial charge in [-0.3, -0.25) is 10.1 Å². The van der Waals surface area contributed by atoms with Crippen LogP contribution < -0.4 is 21.5 Å². The molecule has 34 heavy (non-hydrogen) atoms. The van der Waals surface area contributed by atoms with E-state index in [-0.39, 0.29) is 22.6 Å². The molecule has 1 heterocycles. The van der Waals surface area contributed by atoms with E-state index in [0.717, 1.165) is 38.1 Å². The third-order valence-electron chi connectivity index (χ3n) is 5.01. The van der Waals surface area contributed by atoms with E-state index in [1.807, 2.05) is 0 Å². The smallest absolute Gasteiger partial charge is 0.342 e. The minimum Gasteiger partial charge on any atom is -0.342 e. The first-order valence-corrected chi connectivity index (χ1v) is 10.3. The summed E-state index contributed by atoms with van der Waals surface area (Å²) in [7, 11) is 0. The van der Waals surface area contributed by atoms with Crippen molar-refractivity contribution < 1.29 is 31.1 Å². The fourth-order valence-electron chi connectivity index (χ4n) is 3.05. The number of aliphatic imine (C=N–C) groups is 1. The number of guanidine groups is 1. The van der Waals surface area contributed by atoms with Crippen LogP contribution in [0.4, 0.5) is 26.3 Å². The molecule has 1 fully saturated rings. The van der Waals surface area contributed by atoms with Crippen LogP contribution in [0.25, 0.3) is 0 Å². The zero-order chi connectivity index (χ0) is 25.3. The highest BCUT2D eigenvalue weighted by atomic mass is 35.5. The monoisotopic (exact) mass is 507 g/mol. The second-order valence-corrected chi connectivity index (χ2v) is 8.51. The summed E-state index contributed by atoms with van der Waals surface area (Å²) in [5, 5.41) is 4.12. The lowest BCUT2D eigenvalue weighted by molar-refractivity contribution is -0.181. The van der Waals surface area contributed by atoms with Gasteiger partial charge in [-0.15, -0.1) is 0 Å². The molecule has 0 aromatic heterocycles. The molecule has 2 unspecified atom stereocenters. The lowest BCUT2D eigenvalue weighted by Gasteiger charge is -2.30. The Bertz CT molecular complexity index is 1090. The number of hydrogen-bond donors (Lipinski definition) is 4. The Labute approximate surface area is 195 Å². The summed E-state index contributed by atoms with van der Waals surface area (Å²) in [5.41, 5.74) is 3.01. The topological polar surface area (TPSA) is 77.6 Å². The Balaban J connectivity index is 1.84. The third kappa shape index (κ3) is 6.19. The maximum atomic E-state index is 13.7. The molecule has 1 aliphatic heterocycles. The first-order valence-electron chi connectivity index (χ1n) is 9.91. The summed E-state index contributed by atoms with van der Waals surface area (Å²) in [6.45, 7) is 1.69. The molecular weight excluding hydrogens is 488 g/mol. The molecule has 4 N–H and O–H groups in total. The summed E-state index contributed by atoms with van der Waals surface area (Å²) < 4.78 is 81.1. The van der Waals surface area contributed by atoms with E-state index in [2.05, 4.69) is 26.5 Å². The van der Waals surface area contributed by atoms with Crippen molar-refractivity contribution >= 4 is 23.5 Å². The Kier molecular flexibility index (Phi) is 7.44. The SMILES string of the molecule is CC(C)(NC(=NC1CC(c2cc(F)cc(F)c2)NN1)NC(=O)c1ccc(Cl)c(F)c1)C(F)(F)F. The Hall–Kier alpha value is -2.83. The molecule has 0 radical (unpaired) electrons. The number of carbonyl (C=O) groups excluding carboxylic acids is 1. The van der Waals surface area contributed by atoms with Crippen molar-refractivity contribution in [3.05, 3.63) is 70.0 Å². The Morgan fingerprint density at radius 1 is 1.06 bits per heavy atom. The van der Waals surface area contributed by atoms with E-state index in [0.29, 0.717) is 6.07 Å². The van der Waals surface area contributed by atoms with Crippen LogP contribution in [0.3, 0.4) is 0 Å². The van der Waals surface area contributed by atoms with Crippen LogP contribution in [0.15, 0.2) is 41.4 Å². The van der Waals surface area contributed by atoms with Gasteiger partial charge in [-0.2, -0.15) is 13.2 Å². The average molecular weight is 508 g/mol. The van der Waals surface area contributed by atoms with Gasteiger partial charge in [0, 0.05) is 24.1 Å². The first kappa shape index (κ1) is 25.8. The van der Waals surface area contributed by atoms with Gasteiger partial charge in [0.05, 0.1) is 5.02 Å². The highest BCUT2D eigenvalue weighted by Crippen LogP contribution is 2.30. The predicted molar refractivity (Wildman–Crippen MR) is 113 cm³/mol. The number of nitrogens with one attached hydrogen (secondary N) is 4. The van der Waals surface area contributed by atoms with Crippen LogP contribution in [0.2, 0.25) is 5.02 Å². The van der Waals surface area contributed by atoms with Crippen LogP contribution in [-0.4, -0.2) is 29.7 Å². The summed E-state index contributed by atoms with van der Waals surface area (Å²) in [6, 6.07) is 5.45. The van der Waals surface area contributed by atoms with E-state index in [1.54, 1.807) is 0 Å². The van der Waals surface area contributed by atoms with Gasteiger partial charge in [-0.1, -0.05) is 11.6 Å². The standard InChI is InChI=1S/C21H20ClF6N5O/c1-20(2,21(26,27)28)31-19(30-18(34)10-3-4-14(22)15(25)7-10)29-17-9-16(32-33-17)11-5-12(23)8-13(24)6-11/h3-8,16-17,32-33H,9H2,1-2H3,(H2,29,30,31,34). The second kappa shape index (κ2) is 9.80. The fraction of sp³-hybridized carbons (Fsp3) is 0.333.